The molecule has 0 bridgehead atoms. The third kappa shape index (κ3) is 4.38. The van der Waals surface area contributed by atoms with Gasteiger partial charge in [0.1, 0.15) is 0 Å². The average molecular weight is 177 g/mol. The summed E-state index contributed by atoms with van der Waals surface area (Å²) in [5, 5.41) is 0. The molecular formula is C7H13Br. The first kappa shape index (κ1) is 8.22. The van der Waals surface area contributed by atoms with Crippen molar-refractivity contribution in [1.29, 1.82) is 0 Å². The Balaban J connectivity index is 3.12. The predicted molar refractivity (Wildman–Crippen MR) is 42.2 cm³/mol. The fourth-order valence-electron chi connectivity index (χ4n) is 0.510. The molecule has 0 heterocycles. The lowest BCUT2D eigenvalue weighted by molar-refractivity contribution is 0.789. The number of hydrogen-bond donors (Lipinski definition) is 0. The van der Waals surface area contributed by atoms with Crippen molar-refractivity contribution in [1.82, 2.24) is 0 Å². The van der Waals surface area contributed by atoms with Crippen molar-refractivity contribution < 1.29 is 0 Å². The molecular weight excluding hydrogens is 164 g/mol. The third-order valence-corrected chi connectivity index (χ3v) is 1.89. The van der Waals surface area contributed by atoms with Gasteiger partial charge in [-0.15, -0.1) is 0 Å². The van der Waals surface area contributed by atoms with Crippen LogP contribution in [0.1, 0.15) is 33.1 Å². The van der Waals surface area contributed by atoms with E-state index in [1.807, 2.05) is 4.99 Å². The van der Waals surface area contributed by atoms with Crippen molar-refractivity contribution in [3.8, 4) is 0 Å². The predicted octanol–water partition coefficient (Wildman–Crippen LogP) is 3.48. The summed E-state index contributed by atoms with van der Waals surface area (Å²) in [5.74, 6) is 0. The second-order valence-electron chi connectivity index (χ2n) is 2.06. The van der Waals surface area contributed by atoms with Crippen molar-refractivity contribution in [3.63, 3.8) is 0 Å². The molecule has 0 radical (unpaired) electrons. The minimum absolute atomic E-state index is 1.24. The van der Waals surface area contributed by atoms with Crippen LogP contribution in [0.2, 0.25) is 0 Å². The molecule has 1 heteroatoms. The molecule has 0 saturated carbocycles. The van der Waals surface area contributed by atoms with Crippen LogP contribution in [0, 0.1) is 0 Å². The molecule has 0 aliphatic carbocycles. The van der Waals surface area contributed by atoms with E-state index in [0.29, 0.717) is 0 Å². The number of rotatable bonds is 3. The first-order valence-corrected chi connectivity index (χ1v) is 3.98. The van der Waals surface area contributed by atoms with Crippen LogP contribution >= 0.6 is 15.9 Å². The Morgan fingerprint density at radius 3 is 2.62 bits per heavy atom. The Morgan fingerprint density at radius 1 is 1.62 bits per heavy atom. The van der Waals surface area contributed by atoms with Gasteiger partial charge in [0.25, 0.3) is 0 Å². The van der Waals surface area contributed by atoms with E-state index < -0.39 is 0 Å². The molecule has 0 fully saturated rings. The molecule has 0 spiro atoms. The number of halogens is 1. The molecule has 0 N–H and O–H groups in total. The Morgan fingerprint density at radius 2 is 2.25 bits per heavy atom. The van der Waals surface area contributed by atoms with Gasteiger partial charge in [0.05, 0.1) is 0 Å². The zero-order valence-corrected chi connectivity index (χ0v) is 7.16. The van der Waals surface area contributed by atoms with E-state index in [9.17, 15) is 0 Å². The molecule has 8 heavy (non-hydrogen) atoms. The quantitative estimate of drug-likeness (QED) is 0.619. The zero-order chi connectivity index (χ0) is 6.41. The van der Waals surface area contributed by atoms with Crippen LogP contribution in [0.25, 0.3) is 0 Å². The molecule has 0 aromatic carbocycles. The summed E-state index contributed by atoms with van der Waals surface area (Å²) in [4.78, 5) is 2.00. The summed E-state index contributed by atoms with van der Waals surface area (Å²) in [6.45, 7) is 4.35. The summed E-state index contributed by atoms with van der Waals surface area (Å²) < 4.78 is 0. The molecule has 0 rings (SSSR count). The summed E-state index contributed by atoms with van der Waals surface area (Å²) in [7, 11) is 0. The van der Waals surface area contributed by atoms with Crippen LogP contribution in [0.15, 0.2) is 10.6 Å². The largest absolute Gasteiger partial charge is 0.0664 e. The monoisotopic (exact) mass is 176 g/mol. The normalized spacial score (nSPS) is 12.1. The summed E-state index contributed by atoms with van der Waals surface area (Å²) in [5.41, 5.74) is 1.44. The van der Waals surface area contributed by atoms with Crippen molar-refractivity contribution >= 4 is 15.9 Å². The van der Waals surface area contributed by atoms with Crippen LogP contribution < -0.4 is 0 Å². The SMILES string of the molecule is CCCCC(C)=CBr. The summed E-state index contributed by atoms with van der Waals surface area (Å²) in [6.07, 6.45) is 3.84. The van der Waals surface area contributed by atoms with Gasteiger partial charge in [0.15, 0.2) is 0 Å². The van der Waals surface area contributed by atoms with Crippen molar-refractivity contribution in [2.24, 2.45) is 0 Å². The first-order chi connectivity index (χ1) is 3.81. The standard InChI is InChI=1S/C7H13Br/c1-3-4-5-7(2)6-8/h6H,3-5H2,1-2H3. The maximum absolute atomic E-state index is 3.28. The smallest absolute Gasteiger partial charge is 0.0200 e. The van der Waals surface area contributed by atoms with E-state index in [2.05, 4.69) is 29.8 Å². The van der Waals surface area contributed by atoms with Crippen LogP contribution in [0.4, 0.5) is 0 Å². The Bertz CT molecular complexity index is 74.5. The molecule has 0 aliphatic heterocycles. The fourth-order valence-corrected chi connectivity index (χ4v) is 0.739. The van der Waals surface area contributed by atoms with E-state index in [-0.39, 0.29) is 0 Å². The molecule has 0 aromatic rings. The maximum atomic E-state index is 3.28. The topological polar surface area (TPSA) is 0 Å². The Hall–Kier alpha value is 0.220. The van der Waals surface area contributed by atoms with E-state index in [1.54, 1.807) is 0 Å². The highest BCUT2D eigenvalue weighted by atomic mass is 79.9. The van der Waals surface area contributed by atoms with Crippen LogP contribution in [-0.4, -0.2) is 0 Å². The lowest BCUT2D eigenvalue weighted by Gasteiger charge is -1.93. The van der Waals surface area contributed by atoms with Gasteiger partial charge in [0.2, 0.25) is 0 Å². The highest BCUT2D eigenvalue weighted by molar-refractivity contribution is 9.11. The highest BCUT2D eigenvalue weighted by Crippen LogP contribution is 2.07. The van der Waals surface area contributed by atoms with E-state index in [1.165, 1.54) is 24.8 Å². The van der Waals surface area contributed by atoms with E-state index in [0.717, 1.165) is 0 Å². The van der Waals surface area contributed by atoms with Crippen LogP contribution in [-0.2, 0) is 0 Å². The minimum atomic E-state index is 1.24. The second-order valence-corrected chi connectivity index (χ2v) is 2.52. The van der Waals surface area contributed by atoms with Gasteiger partial charge in [0, 0.05) is 0 Å². The number of hydrogen-bond acceptors (Lipinski definition) is 0. The van der Waals surface area contributed by atoms with Crippen LogP contribution in [0.5, 0.6) is 0 Å². The van der Waals surface area contributed by atoms with E-state index in [4.69, 9.17) is 0 Å². The number of unbranched alkanes of at least 4 members (excludes halogenated alkanes) is 1. The first-order valence-electron chi connectivity index (χ1n) is 3.07. The molecule has 0 aliphatic rings. The van der Waals surface area contributed by atoms with Gasteiger partial charge in [-0.1, -0.05) is 34.8 Å². The molecule has 0 unspecified atom stereocenters. The van der Waals surface area contributed by atoms with Crippen molar-refractivity contribution in [2.45, 2.75) is 33.1 Å². The van der Waals surface area contributed by atoms with Gasteiger partial charge < -0.3 is 0 Å². The Labute approximate surface area is 60.1 Å². The lowest BCUT2D eigenvalue weighted by atomic mass is 10.2. The Kier molecular flexibility index (Phi) is 5.51. The van der Waals surface area contributed by atoms with Gasteiger partial charge in [-0.2, -0.15) is 0 Å². The second kappa shape index (κ2) is 5.36. The van der Waals surface area contributed by atoms with Crippen molar-refractivity contribution in [2.75, 3.05) is 0 Å². The average Bonchev–Trinajstić information content (AvgIpc) is 1.83. The van der Waals surface area contributed by atoms with Crippen LogP contribution in [0.3, 0.4) is 0 Å². The summed E-state index contributed by atoms with van der Waals surface area (Å²) >= 11 is 3.28. The zero-order valence-electron chi connectivity index (χ0n) is 5.58. The number of allylic oxidation sites excluding steroid dienone is 1. The minimum Gasteiger partial charge on any atom is -0.0664 e. The van der Waals surface area contributed by atoms with Gasteiger partial charge in [-0.3, -0.25) is 0 Å². The summed E-state index contributed by atoms with van der Waals surface area (Å²) in [6, 6.07) is 0. The fraction of sp³-hybridized carbons (Fsp3) is 0.714. The maximum Gasteiger partial charge on any atom is -0.0200 e. The highest BCUT2D eigenvalue weighted by Gasteiger charge is 1.84. The van der Waals surface area contributed by atoms with Gasteiger partial charge >= 0.3 is 0 Å². The lowest BCUT2D eigenvalue weighted by Crippen LogP contribution is -1.73. The molecule has 48 valence electrons. The van der Waals surface area contributed by atoms with E-state index >= 15 is 0 Å². The van der Waals surface area contributed by atoms with Gasteiger partial charge in [-0.05, 0) is 24.8 Å². The van der Waals surface area contributed by atoms with Crippen molar-refractivity contribution in [3.05, 3.63) is 10.6 Å². The molecule has 0 aromatic heterocycles. The molecule has 0 atom stereocenters. The third-order valence-electron chi connectivity index (χ3n) is 1.11. The molecule has 0 amide bonds. The molecule has 0 saturated heterocycles. The molecule has 0 nitrogen and oxygen atoms in total. The van der Waals surface area contributed by atoms with Gasteiger partial charge in [-0.25, -0.2) is 0 Å².